The molecule has 1 rings (SSSR count). The second-order valence-corrected chi connectivity index (χ2v) is 4.64. The summed E-state index contributed by atoms with van der Waals surface area (Å²) < 4.78 is 19.0. The summed E-state index contributed by atoms with van der Waals surface area (Å²) in [6, 6.07) is 4.89. The fraction of sp³-hybridized carbons (Fsp3) is 0.500. The Labute approximate surface area is 104 Å². The summed E-state index contributed by atoms with van der Waals surface area (Å²) in [6.07, 6.45) is 1.26. The van der Waals surface area contributed by atoms with E-state index in [1.165, 1.54) is 6.07 Å². The third-order valence-electron chi connectivity index (χ3n) is 2.36. The predicted octanol–water partition coefficient (Wildman–Crippen LogP) is 2.92. The van der Waals surface area contributed by atoms with Crippen molar-refractivity contribution >= 4 is 15.9 Å². The number of rotatable bonds is 6. The van der Waals surface area contributed by atoms with Gasteiger partial charge in [-0.15, -0.1) is 0 Å². The standard InChI is InChI=1S/C12H16BrFO2/c1-16-6-2-3-11(15)7-9-4-5-10(13)8-12(9)14/h4-5,8,11,15H,2-3,6-7H2,1H3. The Morgan fingerprint density at radius 3 is 2.88 bits per heavy atom. The molecule has 0 aliphatic carbocycles. The number of aliphatic hydroxyl groups excluding tert-OH is 1. The van der Waals surface area contributed by atoms with Crippen LogP contribution in [0.15, 0.2) is 22.7 Å². The normalized spacial score (nSPS) is 12.8. The zero-order valence-corrected chi connectivity index (χ0v) is 10.8. The minimum atomic E-state index is -0.508. The van der Waals surface area contributed by atoms with Gasteiger partial charge >= 0.3 is 0 Å². The lowest BCUT2D eigenvalue weighted by Crippen LogP contribution is -2.12. The molecule has 0 bridgehead atoms. The summed E-state index contributed by atoms with van der Waals surface area (Å²) in [5.74, 6) is -0.278. The van der Waals surface area contributed by atoms with Crippen LogP contribution in [0.1, 0.15) is 18.4 Å². The van der Waals surface area contributed by atoms with Gasteiger partial charge in [0.15, 0.2) is 0 Å². The van der Waals surface area contributed by atoms with Gasteiger partial charge in [0.1, 0.15) is 5.82 Å². The van der Waals surface area contributed by atoms with Gasteiger partial charge in [-0.3, -0.25) is 0 Å². The third kappa shape index (κ3) is 4.60. The van der Waals surface area contributed by atoms with Gasteiger partial charge in [0.2, 0.25) is 0 Å². The highest BCUT2D eigenvalue weighted by Gasteiger charge is 2.09. The number of aliphatic hydroxyl groups is 1. The monoisotopic (exact) mass is 290 g/mol. The van der Waals surface area contributed by atoms with Gasteiger partial charge in [-0.05, 0) is 30.5 Å². The number of methoxy groups -OCH3 is 1. The van der Waals surface area contributed by atoms with E-state index >= 15 is 0 Å². The van der Waals surface area contributed by atoms with Gasteiger partial charge in [-0.1, -0.05) is 22.0 Å². The first-order valence-corrected chi connectivity index (χ1v) is 6.03. The molecule has 90 valence electrons. The summed E-state index contributed by atoms with van der Waals surface area (Å²) in [7, 11) is 1.63. The number of halogens is 2. The number of hydrogen-bond acceptors (Lipinski definition) is 2. The molecule has 0 radical (unpaired) electrons. The van der Waals surface area contributed by atoms with Gasteiger partial charge < -0.3 is 9.84 Å². The Kier molecular flexibility index (Phi) is 5.95. The first kappa shape index (κ1) is 13.6. The van der Waals surface area contributed by atoms with E-state index < -0.39 is 6.10 Å². The maximum absolute atomic E-state index is 13.4. The van der Waals surface area contributed by atoms with E-state index in [2.05, 4.69) is 15.9 Å². The van der Waals surface area contributed by atoms with Crippen molar-refractivity contribution < 1.29 is 14.2 Å². The summed E-state index contributed by atoms with van der Waals surface area (Å²) in [4.78, 5) is 0. The molecule has 0 saturated heterocycles. The lowest BCUT2D eigenvalue weighted by atomic mass is 10.0. The fourth-order valence-corrected chi connectivity index (χ4v) is 1.84. The van der Waals surface area contributed by atoms with Crippen molar-refractivity contribution in [3.05, 3.63) is 34.1 Å². The van der Waals surface area contributed by atoms with Crippen LogP contribution in [0.25, 0.3) is 0 Å². The van der Waals surface area contributed by atoms with Crippen LogP contribution in [0.4, 0.5) is 4.39 Å². The van der Waals surface area contributed by atoms with Crippen molar-refractivity contribution in [1.82, 2.24) is 0 Å². The molecule has 1 aromatic carbocycles. The van der Waals surface area contributed by atoms with Crippen molar-refractivity contribution in [3.63, 3.8) is 0 Å². The molecule has 4 heteroatoms. The molecule has 1 atom stereocenters. The van der Waals surface area contributed by atoms with E-state index in [-0.39, 0.29) is 5.82 Å². The van der Waals surface area contributed by atoms with Crippen LogP contribution in [0.3, 0.4) is 0 Å². The third-order valence-corrected chi connectivity index (χ3v) is 2.85. The van der Waals surface area contributed by atoms with E-state index in [4.69, 9.17) is 4.74 Å². The van der Waals surface area contributed by atoms with Crippen molar-refractivity contribution in [2.24, 2.45) is 0 Å². The molecule has 0 saturated carbocycles. The summed E-state index contributed by atoms with van der Waals surface area (Å²) in [5, 5.41) is 9.69. The van der Waals surface area contributed by atoms with Crippen LogP contribution in [0.5, 0.6) is 0 Å². The zero-order chi connectivity index (χ0) is 12.0. The van der Waals surface area contributed by atoms with Crippen LogP contribution in [0, 0.1) is 5.82 Å². The molecular weight excluding hydrogens is 275 g/mol. The Bertz CT molecular complexity index is 331. The Balaban J connectivity index is 2.46. The van der Waals surface area contributed by atoms with Crippen LogP contribution in [0.2, 0.25) is 0 Å². The van der Waals surface area contributed by atoms with Gasteiger partial charge in [-0.2, -0.15) is 0 Å². The van der Waals surface area contributed by atoms with E-state index in [0.29, 0.717) is 29.5 Å². The Morgan fingerprint density at radius 2 is 2.25 bits per heavy atom. The van der Waals surface area contributed by atoms with Crippen molar-refractivity contribution in [2.75, 3.05) is 13.7 Å². The molecule has 16 heavy (non-hydrogen) atoms. The molecule has 2 nitrogen and oxygen atoms in total. The quantitative estimate of drug-likeness (QED) is 0.817. The molecular formula is C12H16BrFO2. The van der Waals surface area contributed by atoms with Gasteiger partial charge in [0.05, 0.1) is 6.10 Å². The predicted molar refractivity (Wildman–Crippen MR) is 64.9 cm³/mol. The molecule has 1 N–H and O–H groups in total. The van der Waals surface area contributed by atoms with Crippen LogP contribution in [-0.4, -0.2) is 24.9 Å². The second kappa shape index (κ2) is 6.99. The van der Waals surface area contributed by atoms with Crippen LogP contribution >= 0.6 is 15.9 Å². The van der Waals surface area contributed by atoms with Crippen molar-refractivity contribution in [2.45, 2.75) is 25.4 Å². The summed E-state index contributed by atoms with van der Waals surface area (Å²) in [5.41, 5.74) is 0.549. The summed E-state index contributed by atoms with van der Waals surface area (Å²) in [6.45, 7) is 0.625. The number of benzene rings is 1. The van der Waals surface area contributed by atoms with E-state index in [1.54, 1.807) is 19.2 Å². The van der Waals surface area contributed by atoms with Gasteiger partial charge in [0.25, 0.3) is 0 Å². The number of hydrogen-bond donors (Lipinski definition) is 1. The average molecular weight is 291 g/mol. The van der Waals surface area contributed by atoms with E-state index in [1.807, 2.05) is 0 Å². The Morgan fingerprint density at radius 1 is 1.50 bits per heavy atom. The Hall–Kier alpha value is -0.450. The van der Waals surface area contributed by atoms with Crippen molar-refractivity contribution in [1.29, 1.82) is 0 Å². The maximum atomic E-state index is 13.4. The first-order chi connectivity index (χ1) is 7.63. The van der Waals surface area contributed by atoms with E-state index in [9.17, 15) is 9.50 Å². The first-order valence-electron chi connectivity index (χ1n) is 5.24. The average Bonchev–Trinajstić information content (AvgIpc) is 2.23. The minimum Gasteiger partial charge on any atom is -0.393 e. The highest BCUT2D eigenvalue weighted by Crippen LogP contribution is 2.17. The molecule has 0 aliphatic heterocycles. The molecule has 0 spiro atoms. The second-order valence-electron chi connectivity index (χ2n) is 3.73. The fourth-order valence-electron chi connectivity index (χ4n) is 1.51. The number of ether oxygens (including phenoxy) is 1. The zero-order valence-electron chi connectivity index (χ0n) is 9.25. The molecule has 0 amide bonds. The SMILES string of the molecule is COCCCC(O)Cc1ccc(Br)cc1F. The molecule has 0 aliphatic rings. The topological polar surface area (TPSA) is 29.5 Å². The van der Waals surface area contributed by atoms with Crippen LogP contribution < -0.4 is 0 Å². The lowest BCUT2D eigenvalue weighted by molar-refractivity contribution is 0.134. The maximum Gasteiger partial charge on any atom is 0.127 e. The highest BCUT2D eigenvalue weighted by molar-refractivity contribution is 9.10. The van der Waals surface area contributed by atoms with E-state index in [0.717, 1.165) is 6.42 Å². The molecule has 0 heterocycles. The smallest absolute Gasteiger partial charge is 0.127 e. The largest absolute Gasteiger partial charge is 0.393 e. The molecule has 1 unspecified atom stereocenters. The molecule has 1 aromatic rings. The van der Waals surface area contributed by atoms with Gasteiger partial charge in [0, 0.05) is 24.6 Å². The highest BCUT2D eigenvalue weighted by atomic mass is 79.9. The molecule has 0 fully saturated rings. The molecule has 0 aromatic heterocycles. The van der Waals surface area contributed by atoms with Crippen molar-refractivity contribution in [3.8, 4) is 0 Å². The van der Waals surface area contributed by atoms with Crippen LogP contribution in [-0.2, 0) is 11.2 Å². The summed E-state index contributed by atoms with van der Waals surface area (Å²) >= 11 is 3.19. The lowest BCUT2D eigenvalue weighted by Gasteiger charge is -2.11. The van der Waals surface area contributed by atoms with Gasteiger partial charge in [-0.25, -0.2) is 4.39 Å². The minimum absolute atomic E-state index is 0.278.